The Morgan fingerprint density at radius 2 is 2.09 bits per heavy atom. The molecule has 0 spiro atoms. The molecule has 1 aromatic carbocycles. The van der Waals surface area contributed by atoms with Gasteiger partial charge in [0, 0.05) is 23.4 Å². The zero-order valence-corrected chi connectivity index (χ0v) is 13.1. The third-order valence-electron chi connectivity index (χ3n) is 4.33. The topological polar surface area (TPSA) is 84.3 Å². The molecule has 22 heavy (non-hydrogen) atoms. The van der Waals surface area contributed by atoms with Crippen LogP contribution in [-0.2, 0) is 4.79 Å². The molecule has 1 fully saturated rings. The number of hydrogen-bond donors (Lipinski definition) is 2. The van der Waals surface area contributed by atoms with Gasteiger partial charge in [-0.15, -0.1) is 0 Å². The van der Waals surface area contributed by atoms with Gasteiger partial charge in [-0.25, -0.2) is 0 Å². The molecule has 2 N–H and O–H groups in total. The van der Waals surface area contributed by atoms with Crippen molar-refractivity contribution in [2.45, 2.75) is 45.6 Å². The number of carbonyl (C=O) groups is 1. The number of rotatable bonds is 5. The molecule has 1 aliphatic carbocycles. The Morgan fingerprint density at radius 3 is 2.77 bits per heavy atom. The van der Waals surface area contributed by atoms with Crippen LogP contribution in [0, 0.1) is 23.0 Å². The van der Waals surface area contributed by atoms with Crippen LogP contribution in [0.15, 0.2) is 18.2 Å². The summed E-state index contributed by atoms with van der Waals surface area (Å²) in [7, 11) is 0. The Hall–Kier alpha value is -1.95. The highest BCUT2D eigenvalue weighted by Gasteiger charge is 2.21. The van der Waals surface area contributed by atoms with Gasteiger partial charge in [0.1, 0.15) is 0 Å². The number of nitro benzene ring substituents is 1. The smallest absolute Gasteiger partial charge is 0.274 e. The predicted octanol–water partition coefficient (Wildman–Crippen LogP) is 3.01. The summed E-state index contributed by atoms with van der Waals surface area (Å²) in [4.78, 5) is 22.5. The van der Waals surface area contributed by atoms with Gasteiger partial charge in [-0.1, -0.05) is 25.8 Å². The number of nitrogens with one attached hydrogen (secondary N) is 2. The van der Waals surface area contributed by atoms with Crippen molar-refractivity contribution >= 4 is 17.3 Å². The Labute approximate surface area is 130 Å². The summed E-state index contributed by atoms with van der Waals surface area (Å²) in [5.74, 6) is 0.415. The van der Waals surface area contributed by atoms with Crippen molar-refractivity contribution in [3.8, 4) is 0 Å². The van der Waals surface area contributed by atoms with E-state index in [2.05, 4.69) is 17.6 Å². The minimum absolute atomic E-state index is 0.0201. The van der Waals surface area contributed by atoms with Gasteiger partial charge in [-0.2, -0.15) is 0 Å². The molecule has 0 aromatic heterocycles. The van der Waals surface area contributed by atoms with Crippen LogP contribution in [0.1, 0.15) is 38.2 Å². The molecule has 2 atom stereocenters. The van der Waals surface area contributed by atoms with Crippen molar-refractivity contribution in [2.75, 3.05) is 11.9 Å². The van der Waals surface area contributed by atoms with Crippen LogP contribution < -0.4 is 10.6 Å². The minimum Gasteiger partial charge on any atom is -0.325 e. The average molecular weight is 305 g/mol. The third kappa shape index (κ3) is 4.27. The van der Waals surface area contributed by atoms with Crippen LogP contribution in [0.4, 0.5) is 11.4 Å². The first-order valence-electron chi connectivity index (χ1n) is 7.75. The maximum atomic E-state index is 12.0. The van der Waals surface area contributed by atoms with E-state index >= 15 is 0 Å². The van der Waals surface area contributed by atoms with E-state index in [-0.39, 0.29) is 18.1 Å². The molecule has 0 unspecified atom stereocenters. The van der Waals surface area contributed by atoms with E-state index in [4.69, 9.17) is 0 Å². The summed E-state index contributed by atoms with van der Waals surface area (Å²) in [6.45, 7) is 4.12. The molecule has 1 amide bonds. The molecule has 2 rings (SSSR count). The molecule has 0 saturated heterocycles. The summed E-state index contributed by atoms with van der Waals surface area (Å²) in [6, 6.07) is 5.11. The van der Waals surface area contributed by atoms with Crippen LogP contribution in [0.2, 0.25) is 0 Å². The molecule has 1 aliphatic rings. The zero-order chi connectivity index (χ0) is 16.1. The van der Waals surface area contributed by atoms with Gasteiger partial charge in [0.15, 0.2) is 0 Å². The first kappa shape index (κ1) is 16.4. The molecule has 6 nitrogen and oxygen atoms in total. The second kappa shape index (κ2) is 7.35. The van der Waals surface area contributed by atoms with Crippen LogP contribution in [0.25, 0.3) is 0 Å². The van der Waals surface area contributed by atoms with Gasteiger partial charge in [-0.05, 0) is 31.7 Å². The number of hydrogen-bond acceptors (Lipinski definition) is 4. The Bertz CT molecular complexity index is 560. The van der Waals surface area contributed by atoms with E-state index in [0.717, 1.165) is 6.42 Å². The molecule has 6 heteroatoms. The lowest BCUT2D eigenvalue weighted by Crippen LogP contribution is -2.41. The van der Waals surface area contributed by atoms with Gasteiger partial charge < -0.3 is 10.6 Å². The number of nitrogens with zero attached hydrogens (tertiary/aromatic N) is 1. The highest BCUT2D eigenvalue weighted by atomic mass is 16.6. The second-order valence-corrected chi connectivity index (χ2v) is 6.06. The molecule has 1 aromatic rings. The lowest BCUT2D eigenvalue weighted by molar-refractivity contribution is -0.385. The fourth-order valence-corrected chi connectivity index (χ4v) is 2.93. The Morgan fingerprint density at radius 1 is 1.36 bits per heavy atom. The highest BCUT2D eigenvalue weighted by Crippen LogP contribution is 2.24. The van der Waals surface area contributed by atoms with Crippen molar-refractivity contribution in [3.63, 3.8) is 0 Å². The van der Waals surface area contributed by atoms with Crippen molar-refractivity contribution in [1.82, 2.24) is 5.32 Å². The molecule has 120 valence electrons. The molecule has 1 saturated carbocycles. The predicted molar refractivity (Wildman–Crippen MR) is 85.9 cm³/mol. The number of amides is 1. The van der Waals surface area contributed by atoms with E-state index in [1.807, 2.05) is 0 Å². The number of aryl methyl sites for hydroxylation is 1. The Kier molecular flexibility index (Phi) is 5.49. The molecule has 0 bridgehead atoms. The normalized spacial score (nSPS) is 21.4. The summed E-state index contributed by atoms with van der Waals surface area (Å²) in [6.07, 6.45) is 4.76. The van der Waals surface area contributed by atoms with Crippen molar-refractivity contribution < 1.29 is 9.72 Å². The summed E-state index contributed by atoms with van der Waals surface area (Å²) >= 11 is 0. The highest BCUT2D eigenvalue weighted by molar-refractivity contribution is 5.92. The minimum atomic E-state index is -0.438. The third-order valence-corrected chi connectivity index (χ3v) is 4.33. The maximum absolute atomic E-state index is 12.0. The summed E-state index contributed by atoms with van der Waals surface area (Å²) in [5.41, 5.74) is 1.06. The fraction of sp³-hybridized carbons (Fsp3) is 0.562. The van der Waals surface area contributed by atoms with Crippen molar-refractivity contribution in [2.24, 2.45) is 5.92 Å². The first-order chi connectivity index (χ1) is 10.5. The average Bonchev–Trinajstić information content (AvgIpc) is 2.48. The lowest BCUT2D eigenvalue weighted by Gasteiger charge is -2.29. The fourth-order valence-electron chi connectivity index (χ4n) is 2.93. The molecule has 0 aliphatic heterocycles. The van der Waals surface area contributed by atoms with Gasteiger partial charge in [-0.3, -0.25) is 14.9 Å². The van der Waals surface area contributed by atoms with E-state index in [1.54, 1.807) is 19.1 Å². The van der Waals surface area contributed by atoms with Gasteiger partial charge in [0.2, 0.25) is 5.91 Å². The van der Waals surface area contributed by atoms with Crippen LogP contribution in [-0.4, -0.2) is 23.4 Å². The van der Waals surface area contributed by atoms with Crippen LogP contribution in [0.5, 0.6) is 0 Å². The lowest BCUT2D eigenvalue weighted by atomic mass is 9.86. The standard InChI is InChI=1S/C16H23N3O3/c1-11-5-3-4-6-14(11)17-10-16(20)18-13-8-7-12(2)15(9-13)19(21)22/h7-9,11,14,17H,3-6,10H2,1-2H3,(H,18,20)/t11-,14+/m0/s1. The van der Waals surface area contributed by atoms with Gasteiger partial charge >= 0.3 is 0 Å². The molecule has 0 radical (unpaired) electrons. The van der Waals surface area contributed by atoms with E-state index < -0.39 is 4.92 Å². The first-order valence-corrected chi connectivity index (χ1v) is 7.75. The zero-order valence-electron chi connectivity index (χ0n) is 13.1. The Balaban J connectivity index is 1.89. The van der Waals surface area contributed by atoms with Crippen LogP contribution in [0.3, 0.4) is 0 Å². The van der Waals surface area contributed by atoms with Gasteiger partial charge in [0.05, 0.1) is 11.5 Å². The quantitative estimate of drug-likeness (QED) is 0.647. The van der Waals surface area contributed by atoms with E-state index in [1.165, 1.54) is 25.3 Å². The molecule has 0 heterocycles. The largest absolute Gasteiger partial charge is 0.325 e. The maximum Gasteiger partial charge on any atom is 0.274 e. The van der Waals surface area contributed by atoms with Crippen molar-refractivity contribution in [3.05, 3.63) is 33.9 Å². The number of nitro groups is 1. The van der Waals surface area contributed by atoms with E-state index in [0.29, 0.717) is 23.2 Å². The van der Waals surface area contributed by atoms with Crippen molar-refractivity contribution in [1.29, 1.82) is 0 Å². The number of carbonyl (C=O) groups excluding carboxylic acids is 1. The summed E-state index contributed by atoms with van der Waals surface area (Å²) < 4.78 is 0. The second-order valence-electron chi connectivity index (χ2n) is 6.06. The molecular weight excluding hydrogens is 282 g/mol. The van der Waals surface area contributed by atoms with Gasteiger partial charge in [0.25, 0.3) is 5.69 Å². The number of benzene rings is 1. The van der Waals surface area contributed by atoms with E-state index in [9.17, 15) is 14.9 Å². The molecular formula is C16H23N3O3. The summed E-state index contributed by atoms with van der Waals surface area (Å²) in [5, 5.41) is 16.9. The van der Waals surface area contributed by atoms with Crippen LogP contribution >= 0.6 is 0 Å². The monoisotopic (exact) mass is 305 g/mol. The SMILES string of the molecule is Cc1ccc(NC(=O)CN[C@@H]2CCCC[C@@H]2C)cc1[N+](=O)[O-]. The number of anilines is 1.